The van der Waals surface area contributed by atoms with E-state index in [4.69, 9.17) is 0 Å². The molecule has 0 aromatic heterocycles. The van der Waals surface area contributed by atoms with Crippen LogP contribution >= 0.6 is 0 Å². The van der Waals surface area contributed by atoms with E-state index in [1.54, 1.807) is 0 Å². The van der Waals surface area contributed by atoms with Gasteiger partial charge in [-0.3, -0.25) is 4.79 Å². The average Bonchev–Trinajstić information content (AvgIpc) is 3.13. The number of hydrogen-bond acceptors (Lipinski definition) is 3. The lowest BCUT2D eigenvalue weighted by atomic mass is 10.0. The number of aliphatic hydroxyl groups excluding tert-OH is 2. The molecule has 4 heteroatoms. The molecule has 1 amide bonds. The summed E-state index contributed by atoms with van der Waals surface area (Å²) in [6, 6.07) is -0.537. The van der Waals surface area contributed by atoms with Crippen molar-refractivity contribution in [3.05, 3.63) is 48.6 Å². The minimum atomic E-state index is -0.660. The fourth-order valence-corrected chi connectivity index (χ4v) is 6.70. The van der Waals surface area contributed by atoms with Crippen LogP contribution in [0, 0.1) is 0 Å². The highest BCUT2D eigenvalue weighted by Gasteiger charge is 2.20. The van der Waals surface area contributed by atoms with E-state index in [0.29, 0.717) is 12.8 Å². The summed E-state index contributed by atoms with van der Waals surface area (Å²) in [5, 5.41) is 23.2. The molecule has 0 aliphatic heterocycles. The van der Waals surface area contributed by atoms with Crippen molar-refractivity contribution in [3.63, 3.8) is 0 Å². The number of allylic oxidation sites excluding steroid dienone is 8. The third-order valence-corrected chi connectivity index (χ3v) is 10.1. The molecule has 0 aliphatic rings. The maximum absolute atomic E-state index is 12.4. The molecular weight excluding hydrogens is 627 g/mol. The van der Waals surface area contributed by atoms with E-state index >= 15 is 0 Å². The molecule has 0 aromatic rings. The van der Waals surface area contributed by atoms with Gasteiger partial charge in [0.15, 0.2) is 0 Å². The van der Waals surface area contributed by atoms with Crippen LogP contribution < -0.4 is 5.32 Å². The van der Waals surface area contributed by atoms with Crippen molar-refractivity contribution in [3.8, 4) is 0 Å². The Morgan fingerprint density at radius 3 is 1.29 bits per heavy atom. The van der Waals surface area contributed by atoms with Crippen LogP contribution in [0.1, 0.15) is 226 Å². The van der Waals surface area contributed by atoms with E-state index in [0.717, 1.165) is 51.4 Å². The summed E-state index contributed by atoms with van der Waals surface area (Å²) in [5.74, 6) is -0.0347. The summed E-state index contributed by atoms with van der Waals surface area (Å²) in [6.07, 6.45) is 57.6. The molecule has 0 aliphatic carbocycles. The molecule has 0 heterocycles. The predicted octanol–water partition coefficient (Wildman–Crippen LogP) is 14.0. The predicted molar refractivity (Wildman–Crippen MR) is 225 cm³/mol. The van der Waals surface area contributed by atoms with Crippen LogP contribution in [0.25, 0.3) is 0 Å². The van der Waals surface area contributed by atoms with Crippen LogP contribution in [-0.4, -0.2) is 34.9 Å². The minimum absolute atomic E-state index is 0.0347. The van der Waals surface area contributed by atoms with Gasteiger partial charge in [-0.1, -0.05) is 217 Å². The standard InChI is InChI=1S/C47H87NO3/c1-3-5-7-9-11-13-15-17-19-20-21-22-23-24-25-26-27-28-29-31-33-35-37-39-41-43-47(51)48-45(44-49)46(50)42-40-38-36-34-32-30-18-16-14-12-10-8-6-4-2/h5,7,11,13,17,19,21-22,45-46,49-50H,3-4,6,8-10,12,14-16,18,20,23-44H2,1-2H3,(H,48,51)/b7-5-,13-11-,19-17-,22-21-. The van der Waals surface area contributed by atoms with Gasteiger partial charge in [0.2, 0.25) is 5.91 Å². The zero-order valence-corrected chi connectivity index (χ0v) is 34.1. The zero-order chi connectivity index (χ0) is 37.1. The molecule has 2 unspecified atom stereocenters. The second-order valence-electron chi connectivity index (χ2n) is 15.1. The van der Waals surface area contributed by atoms with Crippen molar-refractivity contribution in [1.82, 2.24) is 5.32 Å². The molecule has 0 bridgehead atoms. The highest BCUT2D eigenvalue weighted by molar-refractivity contribution is 5.76. The van der Waals surface area contributed by atoms with Crippen LogP contribution in [0.2, 0.25) is 0 Å². The molecule has 0 spiro atoms. The summed E-state index contributed by atoms with van der Waals surface area (Å²) in [5.41, 5.74) is 0. The van der Waals surface area contributed by atoms with Gasteiger partial charge in [-0.2, -0.15) is 0 Å². The van der Waals surface area contributed by atoms with Gasteiger partial charge in [0.1, 0.15) is 0 Å². The Hall–Kier alpha value is -1.65. The molecule has 51 heavy (non-hydrogen) atoms. The lowest BCUT2D eigenvalue weighted by molar-refractivity contribution is -0.123. The number of unbranched alkanes of at least 4 members (excludes halogenated alkanes) is 25. The number of carbonyl (C=O) groups is 1. The summed E-state index contributed by atoms with van der Waals surface area (Å²) in [7, 11) is 0. The number of rotatable bonds is 40. The Morgan fingerprint density at radius 1 is 0.490 bits per heavy atom. The van der Waals surface area contributed by atoms with Crippen molar-refractivity contribution in [2.24, 2.45) is 0 Å². The molecule has 298 valence electrons. The Bertz CT molecular complexity index is 816. The van der Waals surface area contributed by atoms with Gasteiger partial charge in [0, 0.05) is 6.42 Å². The second-order valence-corrected chi connectivity index (χ2v) is 15.1. The third kappa shape index (κ3) is 39.4. The largest absolute Gasteiger partial charge is 0.394 e. The van der Waals surface area contributed by atoms with Crippen molar-refractivity contribution >= 4 is 5.91 Å². The van der Waals surface area contributed by atoms with Gasteiger partial charge in [0.05, 0.1) is 18.8 Å². The first kappa shape index (κ1) is 49.4. The summed E-state index contributed by atoms with van der Waals surface area (Å²) in [4.78, 5) is 12.4. The number of aliphatic hydroxyl groups is 2. The average molecular weight is 714 g/mol. The van der Waals surface area contributed by atoms with E-state index in [2.05, 4.69) is 67.8 Å². The summed E-state index contributed by atoms with van der Waals surface area (Å²) < 4.78 is 0. The summed E-state index contributed by atoms with van der Waals surface area (Å²) >= 11 is 0. The third-order valence-electron chi connectivity index (χ3n) is 10.1. The molecule has 0 rings (SSSR count). The van der Waals surface area contributed by atoms with E-state index in [-0.39, 0.29) is 12.5 Å². The quantitative estimate of drug-likeness (QED) is 0.0437. The van der Waals surface area contributed by atoms with Crippen LogP contribution in [0.15, 0.2) is 48.6 Å². The van der Waals surface area contributed by atoms with Gasteiger partial charge in [-0.25, -0.2) is 0 Å². The van der Waals surface area contributed by atoms with Crippen LogP contribution in [0.5, 0.6) is 0 Å². The Balaban J connectivity index is 3.51. The Kier molecular flexibility index (Phi) is 41.4. The topological polar surface area (TPSA) is 69.6 Å². The molecular formula is C47H87NO3. The van der Waals surface area contributed by atoms with Crippen molar-refractivity contribution < 1.29 is 15.0 Å². The van der Waals surface area contributed by atoms with Gasteiger partial charge in [-0.05, 0) is 51.4 Å². The van der Waals surface area contributed by atoms with Crippen molar-refractivity contribution in [1.29, 1.82) is 0 Å². The molecule has 3 N–H and O–H groups in total. The number of amides is 1. The zero-order valence-electron chi connectivity index (χ0n) is 34.1. The summed E-state index contributed by atoms with van der Waals surface area (Å²) in [6.45, 7) is 4.25. The first-order valence-electron chi connectivity index (χ1n) is 22.3. The molecule has 0 aromatic carbocycles. The van der Waals surface area contributed by atoms with Crippen molar-refractivity contribution in [2.75, 3.05) is 6.61 Å². The molecule has 0 saturated carbocycles. The lowest BCUT2D eigenvalue weighted by Gasteiger charge is -2.22. The molecule has 0 radical (unpaired) electrons. The Morgan fingerprint density at radius 2 is 0.863 bits per heavy atom. The minimum Gasteiger partial charge on any atom is -0.394 e. The maximum atomic E-state index is 12.4. The van der Waals surface area contributed by atoms with E-state index in [9.17, 15) is 15.0 Å². The first-order valence-corrected chi connectivity index (χ1v) is 22.3. The van der Waals surface area contributed by atoms with Gasteiger partial charge >= 0.3 is 0 Å². The maximum Gasteiger partial charge on any atom is 0.220 e. The fourth-order valence-electron chi connectivity index (χ4n) is 6.70. The van der Waals surface area contributed by atoms with Crippen LogP contribution in [-0.2, 0) is 4.79 Å². The van der Waals surface area contributed by atoms with Gasteiger partial charge in [-0.15, -0.1) is 0 Å². The van der Waals surface area contributed by atoms with E-state index in [1.807, 2.05) is 0 Å². The number of nitrogens with one attached hydrogen (secondary N) is 1. The SMILES string of the molecule is CC/C=C\C/C=C\C/C=C\C/C=C\CCCCCCCCCCCCCCC(=O)NC(CO)C(O)CCCCCCCCCCCCCCCC. The number of hydrogen-bond donors (Lipinski definition) is 3. The second kappa shape index (κ2) is 42.8. The molecule has 4 nitrogen and oxygen atoms in total. The van der Waals surface area contributed by atoms with Crippen molar-refractivity contribution in [2.45, 2.75) is 238 Å². The highest BCUT2D eigenvalue weighted by Crippen LogP contribution is 2.16. The highest BCUT2D eigenvalue weighted by atomic mass is 16.3. The monoisotopic (exact) mass is 714 g/mol. The van der Waals surface area contributed by atoms with Gasteiger partial charge in [0.25, 0.3) is 0 Å². The smallest absolute Gasteiger partial charge is 0.220 e. The Labute approximate surface area is 318 Å². The van der Waals surface area contributed by atoms with E-state index < -0.39 is 12.1 Å². The first-order chi connectivity index (χ1) is 25.2. The molecule has 0 saturated heterocycles. The molecule has 2 atom stereocenters. The fraction of sp³-hybridized carbons (Fsp3) is 0.809. The number of carbonyl (C=O) groups excluding carboxylic acids is 1. The van der Waals surface area contributed by atoms with Crippen LogP contribution in [0.3, 0.4) is 0 Å². The lowest BCUT2D eigenvalue weighted by Crippen LogP contribution is -2.45. The van der Waals surface area contributed by atoms with E-state index in [1.165, 1.54) is 148 Å². The van der Waals surface area contributed by atoms with Gasteiger partial charge < -0.3 is 15.5 Å². The van der Waals surface area contributed by atoms with Crippen LogP contribution in [0.4, 0.5) is 0 Å². The normalized spacial score (nSPS) is 13.4. The molecule has 0 fully saturated rings.